The molecule has 0 saturated carbocycles. The molecule has 90 valence electrons. The molecule has 0 aliphatic rings. The highest BCUT2D eigenvalue weighted by Crippen LogP contribution is 2.14. The van der Waals surface area contributed by atoms with Gasteiger partial charge in [-0.1, -0.05) is 12.1 Å². The van der Waals surface area contributed by atoms with Gasteiger partial charge in [0.25, 0.3) is 0 Å². The van der Waals surface area contributed by atoms with Gasteiger partial charge in [-0.05, 0) is 62.4 Å². The summed E-state index contributed by atoms with van der Waals surface area (Å²) in [5.41, 5.74) is 5.46. The van der Waals surface area contributed by atoms with Crippen LogP contribution >= 0.6 is 0 Å². The van der Waals surface area contributed by atoms with Crippen LogP contribution in [-0.2, 0) is 6.54 Å². The van der Waals surface area contributed by atoms with Crippen LogP contribution < -0.4 is 5.32 Å². The molecule has 0 spiro atoms. The molecule has 0 aliphatic carbocycles. The fourth-order valence-electron chi connectivity index (χ4n) is 1.80. The third-order valence-corrected chi connectivity index (χ3v) is 3.03. The molecule has 0 amide bonds. The average Bonchev–Trinajstić information content (AvgIpc) is 2.25. The summed E-state index contributed by atoms with van der Waals surface area (Å²) in [5, 5.41) is 12.1. The van der Waals surface area contributed by atoms with Crippen molar-refractivity contribution in [2.24, 2.45) is 0 Å². The minimum absolute atomic E-state index is 0.296. The Morgan fingerprint density at radius 1 is 1.00 bits per heavy atom. The van der Waals surface area contributed by atoms with Gasteiger partial charge in [-0.15, -0.1) is 0 Å². The molecule has 0 atom stereocenters. The predicted molar refractivity (Wildman–Crippen MR) is 68.7 cm³/mol. The van der Waals surface area contributed by atoms with Crippen molar-refractivity contribution in [3.8, 4) is 0 Å². The Hall–Kier alpha value is -0.860. The lowest BCUT2D eigenvalue weighted by Crippen LogP contribution is -2.16. The van der Waals surface area contributed by atoms with Gasteiger partial charge in [-0.25, -0.2) is 0 Å². The van der Waals surface area contributed by atoms with Gasteiger partial charge < -0.3 is 10.4 Å². The van der Waals surface area contributed by atoms with Crippen LogP contribution in [0.4, 0.5) is 0 Å². The molecule has 2 heteroatoms. The molecule has 0 unspecified atom stereocenters. The molecule has 0 fully saturated rings. The number of aliphatic hydroxyl groups excluding tert-OH is 1. The van der Waals surface area contributed by atoms with E-state index in [4.69, 9.17) is 5.11 Å². The number of unbranched alkanes of at least 4 members (excludes halogenated alkanes) is 1. The molecule has 16 heavy (non-hydrogen) atoms. The molecule has 1 aromatic carbocycles. The zero-order valence-corrected chi connectivity index (χ0v) is 10.6. The molecule has 2 nitrogen and oxygen atoms in total. The number of hydrogen-bond donors (Lipinski definition) is 2. The van der Waals surface area contributed by atoms with Crippen LogP contribution in [0.25, 0.3) is 0 Å². The van der Waals surface area contributed by atoms with Gasteiger partial charge in [0.05, 0.1) is 0 Å². The smallest absolute Gasteiger partial charge is 0.0431 e. The molecule has 0 aliphatic heterocycles. The van der Waals surface area contributed by atoms with E-state index in [-0.39, 0.29) is 0 Å². The van der Waals surface area contributed by atoms with Crippen molar-refractivity contribution in [3.05, 3.63) is 34.4 Å². The Bertz CT molecular complexity index is 334. The first-order valence-corrected chi connectivity index (χ1v) is 6.03. The summed E-state index contributed by atoms with van der Waals surface area (Å²) in [6.07, 6.45) is 1.93. The summed E-state index contributed by atoms with van der Waals surface area (Å²) >= 11 is 0. The Kier molecular flexibility index (Phi) is 5.50. The topological polar surface area (TPSA) is 32.3 Å². The number of nitrogens with one attached hydrogen (secondary N) is 1. The molecule has 1 rings (SSSR count). The third-order valence-electron chi connectivity index (χ3n) is 3.03. The van der Waals surface area contributed by atoms with Crippen molar-refractivity contribution in [3.63, 3.8) is 0 Å². The lowest BCUT2D eigenvalue weighted by atomic mass is 10.0. The second kappa shape index (κ2) is 6.66. The standard InChI is InChI=1S/C14H23NO/c1-11-8-13(3)14(9-12(11)2)10-15-6-4-5-7-16/h8-9,15-16H,4-7,10H2,1-3H3. The zero-order chi connectivity index (χ0) is 12.0. The van der Waals surface area contributed by atoms with E-state index in [9.17, 15) is 0 Å². The molecule has 0 radical (unpaired) electrons. The minimum atomic E-state index is 0.296. The van der Waals surface area contributed by atoms with Gasteiger partial charge >= 0.3 is 0 Å². The Morgan fingerprint density at radius 2 is 1.69 bits per heavy atom. The monoisotopic (exact) mass is 221 g/mol. The zero-order valence-electron chi connectivity index (χ0n) is 10.6. The third kappa shape index (κ3) is 3.95. The number of aliphatic hydroxyl groups is 1. The van der Waals surface area contributed by atoms with E-state index in [2.05, 4.69) is 38.2 Å². The molecule has 1 aromatic rings. The Morgan fingerprint density at radius 3 is 2.38 bits per heavy atom. The highest BCUT2D eigenvalue weighted by molar-refractivity contribution is 5.36. The summed E-state index contributed by atoms with van der Waals surface area (Å²) in [6.45, 7) is 8.68. The van der Waals surface area contributed by atoms with E-state index in [1.807, 2.05) is 0 Å². The highest BCUT2D eigenvalue weighted by atomic mass is 16.2. The lowest BCUT2D eigenvalue weighted by Gasteiger charge is -2.10. The molecular weight excluding hydrogens is 198 g/mol. The van der Waals surface area contributed by atoms with E-state index in [1.165, 1.54) is 22.3 Å². The maximum absolute atomic E-state index is 8.67. The van der Waals surface area contributed by atoms with Gasteiger partial charge in [-0.2, -0.15) is 0 Å². The van der Waals surface area contributed by atoms with Crippen LogP contribution in [0.2, 0.25) is 0 Å². The first-order valence-electron chi connectivity index (χ1n) is 6.03. The van der Waals surface area contributed by atoms with Crippen LogP contribution in [0.3, 0.4) is 0 Å². The van der Waals surface area contributed by atoms with Crippen molar-refractivity contribution in [2.75, 3.05) is 13.2 Å². The van der Waals surface area contributed by atoms with E-state index in [0.29, 0.717) is 6.61 Å². The molecule has 0 saturated heterocycles. The van der Waals surface area contributed by atoms with Crippen molar-refractivity contribution < 1.29 is 5.11 Å². The van der Waals surface area contributed by atoms with E-state index in [1.54, 1.807) is 0 Å². The molecule has 0 aromatic heterocycles. The van der Waals surface area contributed by atoms with Gasteiger partial charge in [0.1, 0.15) is 0 Å². The van der Waals surface area contributed by atoms with Gasteiger partial charge in [-0.3, -0.25) is 0 Å². The van der Waals surface area contributed by atoms with Gasteiger partial charge in [0.15, 0.2) is 0 Å². The van der Waals surface area contributed by atoms with E-state index in [0.717, 1.165) is 25.9 Å². The Labute approximate surface area is 98.7 Å². The van der Waals surface area contributed by atoms with Crippen molar-refractivity contribution in [1.82, 2.24) is 5.32 Å². The quantitative estimate of drug-likeness (QED) is 0.723. The summed E-state index contributed by atoms with van der Waals surface area (Å²) in [4.78, 5) is 0. The molecular formula is C14H23NO. The van der Waals surface area contributed by atoms with Gasteiger partial charge in [0.2, 0.25) is 0 Å². The fourth-order valence-corrected chi connectivity index (χ4v) is 1.80. The fraction of sp³-hybridized carbons (Fsp3) is 0.571. The first-order chi connectivity index (χ1) is 7.65. The lowest BCUT2D eigenvalue weighted by molar-refractivity contribution is 0.283. The number of hydrogen-bond acceptors (Lipinski definition) is 2. The number of aryl methyl sites for hydroxylation is 3. The SMILES string of the molecule is Cc1cc(C)c(CNCCCCO)cc1C. The minimum Gasteiger partial charge on any atom is -0.396 e. The number of benzene rings is 1. The summed E-state index contributed by atoms with van der Waals surface area (Å²) in [7, 11) is 0. The van der Waals surface area contributed by atoms with Crippen LogP contribution in [0.1, 0.15) is 35.1 Å². The summed E-state index contributed by atoms with van der Waals surface area (Å²) in [6, 6.07) is 4.52. The molecule has 2 N–H and O–H groups in total. The second-order valence-corrected chi connectivity index (χ2v) is 4.47. The number of rotatable bonds is 6. The highest BCUT2D eigenvalue weighted by Gasteiger charge is 2.01. The largest absolute Gasteiger partial charge is 0.396 e. The molecule has 0 heterocycles. The van der Waals surface area contributed by atoms with Crippen LogP contribution in [0.5, 0.6) is 0 Å². The van der Waals surface area contributed by atoms with E-state index < -0.39 is 0 Å². The Balaban J connectivity index is 2.45. The first kappa shape index (κ1) is 13.2. The van der Waals surface area contributed by atoms with Crippen molar-refractivity contribution in [1.29, 1.82) is 0 Å². The summed E-state index contributed by atoms with van der Waals surface area (Å²) in [5.74, 6) is 0. The summed E-state index contributed by atoms with van der Waals surface area (Å²) < 4.78 is 0. The van der Waals surface area contributed by atoms with Crippen LogP contribution in [0.15, 0.2) is 12.1 Å². The van der Waals surface area contributed by atoms with Crippen molar-refractivity contribution >= 4 is 0 Å². The normalized spacial score (nSPS) is 10.8. The van der Waals surface area contributed by atoms with Crippen LogP contribution in [0, 0.1) is 20.8 Å². The average molecular weight is 221 g/mol. The second-order valence-electron chi connectivity index (χ2n) is 4.47. The van der Waals surface area contributed by atoms with Crippen LogP contribution in [-0.4, -0.2) is 18.3 Å². The maximum Gasteiger partial charge on any atom is 0.0431 e. The molecule has 0 bridgehead atoms. The maximum atomic E-state index is 8.67. The van der Waals surface area contributed by atoms with E-state index >= 15 is 0 Å². The van der Waals surface area contributed by atoms with Crippen molar-refractivity contribution in [2.45, 2.75) is 40.2 Å². The predicted octanol–water partition coefficient (Wildman–Crippen LogP) is 2.47. The van der Waals surface area contributed by atoms with Gasteiger partial charge in [0, 0.05) is 13.2 Å².